The molecule has 0 saturated carbocycles. The molecule has 19 heavy (non-hydrogen) atoms. The van der Waals surface area contributed by atoms with Gasteiger partial charge in [-0.15, -0.1) is 0 Å². The maximum absolute atomic E-state index is 11.7. The number of hydrogen-bond donors (Lipinski definition) is 0. The van der Waals surface area contributed by atoms with E-state index in [-0.39, 0.29) is 24.9 Å². The number of carbonyl (C=O) groups excluding carboxylic acids is 2. The molecule has 4 nitrogen and oxygen atoms in total. The van der Waals surface area contributed by atoms with Crippen LogP contribution in [-0.2, 0) is 9.59 Å². The molecule has 2 rings (SSSR count). The second-order valence-electron chi connectivity index (χ2n) is 4.85. The molecule has 1 aromatic rings. The first kappa shape index (κ1) is 15.8. The molecule has 1 amide bonds. The summed E-state index contributed by atoms with van der Waals surface area (Å²) in [6, 6.07) is 9.41. The van der Waals surface area contributed by atoms with Gasteiger partial charge in [-0.1, -0.05) is 37.3 Å². The molecule has 0 bridgehead atoms. The minimum Gasteiger partial charge on any atom is -0.540 e. The number of nitrogens with zero attached hydrogens (tertiary/aromatic N) is 1. The average molecular weight is 253 g/mol. The monoisotopic (exact) mass is 253 g/mol. The fraction of sp³-hybridized carbons (Fsp3) is 0.429. The van der Waals surface area contributed by atoms with E-state index in [1.54, 1.807) is 0 Å². The van der Waals surface area contributed by atoms with Crippen LogP contribution in [0.1, 0.15) is 31.4 Å². The Bertz CT molecular complexity index is 449. The van der Waals surface area contributed by atoms with Crippen LogP contribution in [0.25, 0.3) is 0 Å². The first-order valence-corrected chi connectivity index (χ1v) is 6.16. The summed E-state index contributed by atoms with van der Waals surface area (Å²) >= 11 is 0. The number of benzene rings is 1. The van der Waals surface area contributed by atoms with Crippen LogP contribution < -0.4 is 24.0 Å². The second-order valence-corrected chi connectivity index (χ2v) is 4.85. The van der Waals surface area contributed by atoms with Crippen molar-refractivity contribution in [2.45, 2.75) is 25.8 Å². The Morgan fingerprint density at radius 3 is 2.42 bits per heavy atom. The van der Waals surface area contributed by atoms with Gasteiger partial charge in [0.1, 0.15) is 5.97 Å². The van der Waals surface area contributed by atoms with Gasteiger partial charge in [0.15, 0.2) is 0 Å². The van der Waals surface area contributed by atoms with Crippen molar-refractivity contribution in [2.75, 3.05) is 6.54 Å². The van der Waals surface area contributed by atoms with Crippen LogP contribution in [0.15, 0.2) is 30.3 Å². The maximum Gasteiger partial charge on any atom is 1.00 e. The Labute approximate surface area is 125 Å². The number of hydrogen-bond acceptors (Lipinski definition) is 3. The Morgan fingerprint density at radius 2 is 1.84 bits per heavy atom. The zero-order valence-electron chi connectivity index (χ0n) is 11.3. The van der Waals surface area contributed by atoms with Crippen molar-refractivity contribution >= 4 is 11.9 Å². The van der Waals surface area contributed by atoms with Crippen LogP contribution in [0.4, 0.5) is 0 Å². The van der Waals surface area contributed by atoms with Gasteiger partial charge in [-0.05, 0) is 24.3 Å². The fourth-order valence-electron chi connectivity index (χ4n) is 2.52. The molecule has 1 aliphatic rings. The van der Waals surface area contributed by atoms with Crippen molar-refractivity contribution in [2.24, 2.45) is 5.92 Å². The van der Waals surface area contributed by atoms with E-state index in [4.69, 9.17) is 0 Å². The number of amides is 1. The zero-order chi connectivity index (χ0) is 13.1. The third-order valence-electron chi connectivity index (χ3n) is 3.44. The van der Waals surface area contributed by atoms with Crippen molar-refractivity contribution in [3.05, 3.63) is 35.9 Å². The van der Waals surface area contributed by atoms with Gasteiger partial charge in [-0.25, -0.2) is 0 Å². The zero-order valence-corrected chi connectivity index (χ0v) is 11.3. The van der Waals surface area contributed by atoms with E-state index in [1.807, 2.05) is 37.3 Å². The standard InChI is InChI=1S/C14H17NO3.Li/c1-10-7-8-12(11-5-3-2-4-6-11)15(9-10)13(16)14(17)18;/h2-6,10,12H,7-9H2,1H3,(H,17,18);/q;+1/p-1/t10-,12+;/m1./s1. The molecule has 5 heteroatoms. The summed E-state index contributed by atoms with van der Waals surface area (Å²) in [6.07, 6.45) is 1.79. The second kappa shape index (κ2) is 6.79. The van der Waals surface area contributed by atoms with Crippen molar-refractivity contribution in [3.8, 4) is 0 Å². The Morgan fingerprint density at radius 1 is 1.21 bits per heavy atom. The molecule has 0 unspecified atom stereocenters. The molecule has 0 N–H and O–H groups in total. The van der Waals surface area contributed by atoms with Crippen LogP contribution >= 0.6 is 0 Å². The quantitative estimate of drug-likeness (QED) is 0.419. The van der Waals surface area contributed by atoms with Gasteiger partial charge in [0, 0.05) is 6.54 Å². The molecule has 0 aromatic heterocycles. The Balaban J connectivity index is 0.00000180. The minimum absolute atomic E-state index is 0. The molecule has 1 heterocycles. The SMILES string of the molecule is C[C@@H]1CC[C@@H](c2ccccc2)N(C(=O)C(=O)[O-])C1.[Li+]. The van der Waals surface area contributed by atoms with Crippen LogP contribution in [0.3, 0.4) is 0 Å². The minimum atomic E-state index is -1.62. The van der Waals surface area contributed by atoms with Gasteiger partial charge in [0.2, 0.25) is 0 Å². The Kier molecular flexibility index (Phi) is 5.65. The predicted molar refractivity (Wildman–Crippen MR) is 64.3 cm³/mol. The van der Waals surface area contributed by atoms with E-state index >= 15 is 0 Å². The van der Waals surface area contributed by atoms with Gasteiger partial charge in [-0.2, -0.15) is 0 Å². The van der Waals surface area contributed by atoms with Gasteiger partial charge in [0.25, 0.3) is 5.91 Å². The van der Waals surface area contributed by atoms with Crippen molar-refractivity contribution in [1.82, 2.24) is 4.90 Å². The maximum atomic E-state index is 11.7. The molecule has 0 spiro atoms. The topological polar surface area (TPSA) is 60.4 Å². The third-order valence-corrected chi connectivity index (χ3v) is 3.44. The van der Waals surface area contributed by atoms with E-state index in [0.29, 0.717) is 12.5 Å². The smallest absolute Gasteiger partial charge is 0.540 e. The molecule has 96 valence electrons. The molecule has 0 radical (unpaired) electrons. The summed E-state index contributed by atoms with van der Waals surface area (Å²) in [7, 11) is 0. The van der Waals surface area contributed by atoms with Crippen LogP contribution in [-0.4, -0.2) is 23.3 Å². The molecule has 1 aromatic carbocycles. The van der Waals surface area contributed by atoms with Crippen LogP contribution in [0.2, 0.25) is 0 Å². The predicted octanol–water partition coefficient (Wildman–Crippen LogP) is -2.26. The van der Waals surface area contributed by atoms with Crippen molar-refractivity contribution in [1.29, 1.82) is 0 Å². The average Bonchev–Trinajstić information content (AvgIpc) is 2.38. The number of carboxylic acids is 1. The first-order chi connectivity index (χ1) is 8.59. The van der Waals surface area contributed by atoms with E-state index in [0.717, 1.165) is 18.4 Å². The largest absolute Gasteiger partial charge is 1.00 e. The number of carboxylic acid groups (broad SMARTS) is 1. The molecule has 1 saturated heterocycles. The molecule has 2 atom stereocenters. The number of aliphatic carboxylic acids is 1. The van der Waals surface area contributed by atoms with Crippen LogP contribution in [0.5, 0.6) is 0 Å². The summed E-state index contributed by atoms with van der Waals surface area (Å²) < 4.78 is 0. The number of piperidine rings is 1. The van der Waals surface area contributed by atoms with Crippen molar-refractivity contribution < 1.29 is 33.6 Å². The van der Waals surface area contributed by atoms with E-state index < -0.39 is 11.9 Å². The summed E-state index contributed by atoms with van der Waals surface area (Å²) in [5.74, 6) is -2.20. The summed E-state index contributed by atoms with van der Waals surface area (Å²) in [5.41, 5.74) is 0.985. The summed E-state index contributed by atoms with van der Waals surface area (Å²) in [6.45, 7) is 2.50. The van der Waals surface area contributed by atoms with E-state index in [1.165, 1.54) is 4.90 Å². The number of rotatable bonds is 1. The first-order valence-electron chi connectivity index (χ1n) is 6.16. The fourth-order valence-corrected chi connectivity index (χ4v) is 2.52. The Hall–Kier alpha value is -1.24. The van der Waals surface area contributed by atoms with Gasteiger partial charge >= 0.3 is 18.9 Å². The summed E-state index contributed by atoms with van der Waals surface area (Å²) in [5, 5.41) is 10.8. The number of likely N-dealkylation sites (tertiary alicyclic amines) is 1. The van der Waals surface area contributed by atoms with Crippen molar-refractivity contribution in [3.63, 3.8) is 0 Å². The third kappa shape index (κ3) is 3.62. The summed E-state index contributed by atoms with van der Waals surface area (Å²) in [4.78, 5) is 23.9. The molecular formula is C14H16LiNO3. The molecule has 1 fully saturated rings. The molecular weight excluding hydrogens is 237 g/mol. The normalized spacial score (nSPS) is 22.5. The number of carbonyl (C=O) groups is 2. The van der Waals surface area contributed by atoms with E-state index in [2.05, 4.69) is 0 Å². The van der Waals surface area contributed by atoms with Gasteiger partial charge < -0.3 is 14.8 Å². The molecule has 0 aliphatic carbocycles. The van der Waals surface area contributed by atoms with Crippen LogP contribution in [0, 0.1) is 5.92 Å². The molecule has 1 aliphatic heterocycles. The van der Waals surface area contributed by atoms with Gasteiger partial charge in [0.05, 0.1) is 6.04 Å². The van der Waals surface area contributed by atoms with E-state index in [9.17, 15) is 14.7 Å². The van der Waals surface area contributed by atoms with Gasteiger partial charge in [-0.3, -0.25) is 4.79 Å².